The van der Waals surface area contributed by atoms with Crippen LogP contribution in [0.15, 0.2) is 0 Å². The van der Waals surface area contributed by atoms with Crippen molar-refractivity contribution in [2.75, 3.05) is 13.2 Å². The molecule has 0 bridgehead atoms. The molecule has 0 atom stereocenters. The van der Waals surface area contributed by atoms with Crippen LogP contribution in [-0.4, -0.2) is 25.2 Å². The molecule has 0 radical (unpaired) electrons. The second kappa shape index (κ2) is 11.9. The summed E-state index contributed by atoms with van der Waals surface area (Å²) >= 11 is 0. The Morgan fingerprint density at radius 2 is 1.25 bits per heavy atom. The van der Waals surface area contributed by atoms with Crippen LogP contribution in [0, 0.1) is 0 Å². The summed E-state index contributed by atoms with van der Waals surface area (Å²) in [6.45, 7) is 3.63. The smallest absolute Gasteiger partial charge is 1.00 e. The van der Waals surface area contributed by atoms with E-state index in [1.165, 1.54) is 0 Å². The van der Waals surface area contributed by atoms with Crippen LogP contribution in [0.2, 0.25) is 0 Å². The zero-order chi connectivity index (χ0) is 7.98. The Bertz CT molecular complexity index is 130. The van der Waals surface area contributed by atoms with Crippen molar-refractivity contribution in [1.82, 2.24) is 0 Å². The first kappa shape index (κ1) is 18.7. The molecule has 6 heteroatoms. The van der Waals surface area contributed by atoms with Crippen molar-refractivity contribution >= 4 is 11.9 Å². The average Bonchev–Trinajstić information content (AvgIpc) is 1.89. The van der Waals surface area contributed by atoms with E-state index in [2.05, 4.69) is 9.47 Å². The van der Waals surface area contributed by atoms with E-state index in [1.807, 2.05) is 0 Å². The van der Waals surface area contributed by atoms with Crippen molar-refractivity contribution in [2.45, 2.75) is 13.8 Å². The first-order valence-corrected chi connectivity index (χ1v) is 3.06. The fraction of sp³-hybridized carbons (Fsp3) is 0.667. The summed E-state index contributed by atoms with van der Waals surface area (Å²) in [6, 6.07) is 0. The number of hydrogen-bond donors (Lipinski definition) is 0. The van der Waals surface area contributed by atoms with Crippen molar-refractivity contribution in [3.63, 3.8) is 0 Å². The largest absolute Gasteiger partial charge is 1.00 e. The third-order valence-corrected chi connectivity index (χ3v) is 0.718. The van der Waals surface area contributed by atoms with E-state index >= 15 is 0 Å². The molecule has 0 aromatic heterocycles. The van der Waals surface area contributed by atoms with Gasteiger partial charge in [-0.2, -0.15) is 0 Å². The number of carbonyl (C=O) groups is 2. The van der Waals surface area contributed by atoms with Crippen LogP contribution in [0.5, 0.6) is 0 Å². The third-order valence-electron chi connectivity index (χ3n) is 0.718. The van der Waals surface area contributed by atoms with Crippen molar-refractivity contribution in [1.29, 1.82) is 0 Å². The summed E-state index contributed by atoms with van der Waals surface area (Å²) in [5.41, 5.74) is 0. The van der Waals surface area contributed by atoms with E-state index in [1.54, 1.807) is 13.8 Å². The minimum absolute atomic E-state index is 0. The molecule has 62 valence electrons. The molecule has 0 rings (SSSR count). The molecule has 0 aliphatic heterocycles. The van der Waals surface area contributed by atoms with Gasteiger partial charge in [-0.05, 0) is 13.8 Å². The number of ether oxygens (including phenoxy) is 2. The van der Waals surface area contributed by atoms with Gasteiger partial charge in [-0.25, -0.2) is 9.59 Å². The monoisotopic (exact) mass is 194 g/mol. The Morgan fingerprint density at radius 1 is 1.00 bits per heavy atom. The van der Waals surface area contributed by atoms with Crippen LogP contribution < -0.4 is 59.1 Å². The second-order valence-corrected chi connectivity index (χ2v) is 1.44. The van der Waals surface area contributed by atoms with E-state index in [0.29, 0.717) is 0 Å². The number of rotatable bonds is 2. The van der Waals surface area contributed by atoms with Gasteiger partial charge in [0.25, 0.3) is 0 Å². The molecule has 0 spiro atoms. The maximum Gasteiger partial charge on any atom is 1.00 e. The van der Waals surface area contributed by atoms with E-state index in [9.17, 15) is 9.59 Å². The maximum atomic E-state index is 10.4. The van der Waals surface area contributed by atoms with Crippen LogP contribution in [0.1, 0.15) is 16.7 Å². The second-order valence-electron chi connectivity index (χ2n) is 1.44. The maximum absolute atomic E-state index is 10.4. The minimum Gasteiger partial charge on any atom is -1.00 e. The Balaban J connectivity index is -0.0000000675. The fourth-order valence-electron chi connectivity index (χ4n) is 0.380. The molecule has 0 amide bonds. The normalized spacial score (nSPS) is 7.17. The van der Waals surface area contributed by atoms with E-state index < -0.39 is 11.9 Å². The van der Waals surface area contributed by atoms with E-state index in [4.69, 9.17) is 0 Å². The van der Waals surface area contributed by atoms with Gasteiger partial charge >= 0.3 is 71.1 Å². The number of carbonyl (C=O) groups excluding carboxylic acids is 2. The zero-order valence-corrected chi connectivity index (χ0v) is 12.0. The fourth-order valence-corrected chi connectivity index (χ4v) is 0.380. The summed E-state index contributed by atoms with van der Waals surface area (Å²) in [7, 11) is 0. The topological polar surface area (TPSA) is 52.6 Å². The van der Waals surface area contributed by atoms with Crippen LogP contribution in [0.25, 0.3) is 0 Å². The number of hydrogen-bond acceptors (Lipinski definition) is 4. The van der Waals surface area contributed by atoms with Crippen molar-refractivity contribution < 1.29 is 81.0 Å². The number of esters is 2. The predicted octanol–water partition coefficient (Wildman–Crippen LogP) is -5.65. The Kier molecular flexibility index (Phi) is 18.6. The Labute approximate surface area is 119 Å². The molecule has 0 aromatic carbocycles. The molecule has 4 nitrogen and oxygen atoms in total. The molecule has 0 saturated heterocycles. The summed E-state index contributed by atoms with van der Waals surface area (Å²) in [5, 5.41) is 0. The van der Waals surface area contributed by atoms with Crippen LogP contribution >= 0.6 is 0 Å². The summed E-state index contributed by atoms with van der Waals surface area (Å²) in [6.07, 6.45) is 0. The molecule has 12 heavy (non-hydrogen) atoms. The van der Waals surface area contributed by atoms with Crippen molar-refractivity contribution in [3.8, 4) is 0 Å². The standard InChI is InChI=1S/C6H10O4.2Na.2H/c1-3-9-5(7)6(8)10-4-2;;;;/h3-4H2,1-2H3;;;;/q;2*+1;2*-1. The minimum atomic E-state index is -0.927. The van der Waals surface area contributed by atoms with Gasteiger partial charge in [-0.1, -0.05) is 0 Å². The summed E-state index contributed by atoms with van der Waals surface area (Å²) in [4.78, 5) is 20.9. The molecular formula is C6H12Na2O4. The summed E-state index contributed by atoms with van der Waals surface area (Å²) in [5.74, 6) is -1.85. The van der Waals surface area contributed by atoms with Gasteiger partial charge in [-0.3, -0.25) is 0 Å². The van der Waals surface area contributed by atoms with E-state index in [0.717, 1.165) is 0 Å². The van der Waals surface area contributed by atoms with Gasteiger partial charge in [-0.15, -0.1) is 0 Å². The molecule has 0 aliphatic carbocycles. The van der Waals surface area contributed by atoms with Crippen molar-refractivity contribution in [2.24, 2.45) is 0 Å². The molecule has 0 unspecified atom stereocenters. The zero-order valence-electron chi connectivity index (χ0n) is 10.0. The first-order valence-electron chi connectivity index (χ1n) is 3.06. The average molecular weight is 194 g/mol. The van der Waals surface area contributed by atoms with Gasteiger partial charge in [0.1, 0.15) is 0 Å². The Hall–Kier alpha value is 0.940. The van der Waals surface area contributed by atoms with Gasteiger partial charge in [0.2, 0.25) is 0 Å². The molecule has 0 heterocycles. The molecule has 0 aromatic rings. The van der Waals surface area contributed by atoms with Gasteiger partial charge in [0, 0.05) is 0 Å². The van der Waals surface area contributed by atoms with Gasteiger partial charge in [0.15, 0.2) is 0 Å². The summed E-state index contributed by atoms with van der Waals surface area (Å²) < 4.78 is 8.69. The molecule has 0 fully saturated rings. The molecular weight excluding hydrogens is 182 g/mol. The van der Waals surface area contributed by atoms with Crippen LogP contribution in [0.4, 0.5) is 0 Å². The molecule has 0 N–H and O–H groups in total. The van der Waals surface area contributed by atoms with Gasteiger partial charge in [0.05, 0.1) is 13.2 Å². The van der Waals surface area contributed by atoms with E-state index in [-0.39, 0.29) is 75.2 Å². The van der Waals surface area contributed by atoms with Crippen LogP contribution in [0.3, 0.4) is 0 Å². The predicted molar refractivity (Wildman–Crippen MR) is 35.5 cm³/mol. The third kappa shape index (κ3) is 9.03. The van der Waals surface area contributed by atoms with Crippen LogP contribution in [-0.2, 0) is 19.1 Å². The molecule has 0 aliphatic rings. The SMILES string of the molecule is CCOC(=O)C(=O)OCC.[H-].[H-].[Na+].[Na+]. The van der Waals surface area contributed by atoms with Gasteiger partial charge < -0.3 is 12.3 Å². The quantitative estimate of drug-likeness (QED) is 0.250. The first-order chi connectivity index (χ1) is 4.72. The van der Waals surface area contributed by atoms with Crippen molar-refractivity contribution in [3.05, 3.63) is 0 Å². The Morgan fingerprint density at radius 3 is 1.42 bits per heavy atom. The molecule has 0 saturated carbocycles.